The summed E-state index contributed by atoms with van der Waals surface area (Å²) in [5.41, 5.74) is 0.803. The topological polar surface area (TPSA) is 54.2 Å². The summed E-state index contributed by atoms with van der Waals surface area (Å²) in [5, 5.41) is 8.39. The third kappa shape index (κ3) is 3.74. The van der Waals surface area contributed by atoms with Gasteiger partial charge in [0.25, 0.3) is 0 Å². The molecule has 0 radical (unpaired) electrons. The highest BCUT2D eigenvalue weighted by molar-refractivity contribution is 6.42. The fourth-order valence-electron chi connectivity index (χ4n) is 2.32. The molecule has 0 atom stereocenters. The Morgan fingerprint density at radius 2 is 2.10 bits per heavy atom. The lowest BCUT2D eigenvalue weighted by Crippen LogP contribution is -2.27. The minimum atomic E-state index is 0.485. The summed E-state index contributed by atoms with van der Waals surface area (Å²) in [6.07, 6.45) is 1.13. The van der Waals surface area contributed by atoms with E-state index in [1.54, 1.807) is 12.1 Å². The molecular formula is C14H16Cl2N4O. The molecule has 0 saturated carbocycles. The molecule has 0 amide bonds. The van der Waals surface area contributed by atoms with Crippen molar-refractivity contribution in [2.45, 2.75) is 13.0 Å². The van der Waals surface area contributed by atoms with Crippen molar-refractivity contribution in [2.75, 3.05) is 26.2 Å². The van der Waals surface area contributed by atoms with Crippen LogP contribution < -0.4 is 5.32 Å². The van der Waals surface area contributed by atoms with Crippen LogP contribution in [-0.2, 0) is 6.54 Å². The SMILES string of the molecule is Clc1ccc(-c2noc(CN3CCCNCC3)n2)cc1Cl. The monoisotopic (exact) mass is 326 g/mol. The van der Waals surface area contributed by atoms with Gasteiger partial charge in [-0.25, -0.2) is 0 Å². The number of nitrogens with one attached hydrogen (secondary N) is 1. The van der Waals surface area contributed by atoms with Crippen LogP contribution in [0, 0.1) is 0 Å². The second-order valence-electron chi connectivity index (χ2n) is 5.02. The van der Waals surface area contributed by atoms with Crippen LogP contribution >= 0.6 is 23.2 Å². The van der Waals surface area contributed by atoms with E-state index in [2.05, 4.69) is 20.4 Å². The van der Waals surface area contributed by atoms with E-state index in [0.717, 1.165) is 38.2 Å². The van der Waals surface area contributed by atoms with Crippen LogP contribution in [0.15, 0.2) is 22.7 Å². The quantitative estimate of drug-likeness (QED) is 0.939. The van der Waals surface area contributed by atoms with E-state index in [4.69, 9.17) is 27.7 Å². The third-order valence-corrected chi connectivity index (χ3v) is 4.18. The molecule has 112 valence electrons. The Bertz CT molecular complexity index is 609. The van der Waals surface area contributed by atoms with E-state index < -0.39 is 0 Å². The van der Waals surface area contributed by atoms with Gasteiger partial charge in [-0.1, -0.05) is 28.4 Å². The van der Waals surface area contributed by atoms with Crippen molar-refractivity contribution in [3.63, 3.8) is 0 Å². The van der Waals surface area contributed by atoms with Crippen LogP contribution in [0.4, 0.5) is 0 Å². The first-order chi connectivity index (χ1) is 10.2. The van der Waals surface area contributed by atoms with Crippen molar-refractivity contribution in [3.05, 3.63) is 34.1 Å². The lowest BCUT2D eigenvalue weighted by atomic mass is 10.2. The van der Waals surface area contributed by atoms with Crippen LogP contribution in [0.5, 0.6) is 0 Å². The zero-order valence-electron chi connectivity index (χ0n) is 11.5. The summed E-state index contributed by atoms with van der Waals surface area (Å²) in [7, 11) is 0. The Morgan fingerprint density at radius 1 is 1.19 bits per heavy atom. The highest BCUT2D eigenvalue weighted by Crippen LogP contribution is 2.27. The maximum absolute atomic E-state index is 6.01. The van der Waals surface area contributed by atoms with Crippen molar-refractivity contribution >= 4 is 23.2 Å². The molecule has 21 heavy (non-hydrogen) atoms. The molecule has 7 heteroatoms. The van der Waals surface area contributed by atoms with Gasteiger partial charge in [-0.2, -0.15) is 4.98 Å². The second-order valence-corrected chi connectivity index (χ2v) is 5.83. The lowest BCUT2D eigenvalue weighted by molar-refractivity contribution is 0.239. The first kappa shape index (κ1) is 14.8. The molecule has 2 heterocycles. The molecule has 1 fully saturated rings. The van der Waals surface area contributed by atoms with Crippen LogP contribution in [0.3, 0.4) is 0 Å². The molecule has 0 aliphatic carbocycles. The maximum atomic E-state index is 6.01. The van der Waals surface area contributed by atoms with Crippen molar-refractivity contribution in [1.29, 1.82) is 0 Å². The Morgan fingerprint density at radius 3 is 2.95 bits per heavy atom. The summed E-state index contributed by atoms with van der Waals surface area (Å²) >= 11 is 11.9. The van der Waals surface area contributed by atoms with Crippen LogP contribution in [0.2, 0.25) is 10.0 Å². The zero-order valence-corrected chi connectivity index (χ0v) is 13.0. The van der Waals surface area contributed by atoms with Gasteiger partial charge in [-0.05, 0) is 37.7 Å². The number of hydrogen-bond acceptors (Lipinski definition) is 5. The Hall–Kier alpha value is -1.14. The first-order valence-corrected chi connectivity index (χ1v) is 7.69. The summed E-state index contributed by atoms with van der Waals surface area (Å²) in [6.45, 7) is 4.76. The van der Waals surface area contributed by atoms with Gasteiger partial charge in [-0.3, -0.25) is 4.90 Å². The molecule has 1 N–H and O–H groups in total. The Kier molecular flexibility index (Phi) is 4.75. The number of rotatable bonds is 3. The van der Waals surface area contributed by atoms with Crippen molar-refractivity contribution < 1.29 is 4.52 Å². The zero-order chi connectivity index (χ0) is 14.7. The molecule has 0 unspecified atom stereocenters. The van der Waals surface area contributed by atoms with Crippen molar-refractivity contribution in [3.8, 4) is 11.4 Å². The summed E-state index contributed by atoms with van der Waals surface area (Å²) < 4.78 is 5.33. The minimum absolute atomic E-state index is 0.485. The molecule has 0 bridgehead atoms. The predicted octanol–water partition coefficient (Wildman–Crippen LogP) is 2.84. The predicted molar refractivity (Wildman–Crippen MR) is 82.5 cm³/mol. The van der Waals surface area contributed by atoms with Crippen LogP contribution in [-0.4, -0.2) is 41.2 Å². The molecule has 0 spiro atoms. The number of benzene rings is 1. The standard InChI is InChI=1S/C14H16Cl2N4O/c15-11-3-2-10(8-12(11)16)14-18-13(21-19-14)9-20-6-1-4-17-5-7-20/h2-3,8,17H,1,4-7,9H2. The average Bonchev–Trinajstić information content (AvgIpc) is 2.78. The molecule has 1 aliphatic heterocycles. The van der Waals surface area contributed by atoms with E-state index in [1.165, 1.54) is 0 Å². The number of aromatic nitrogens is 2. The lowest BCUT2D eigenvalue weighted by Gasteiger charge is -2.16. The van der Waals surface area contributed by atoms with Gasteiger partial charge >= 0.3 is 0 Å². The third-order valence-electron chi connectivity index (χ3n) is 3.44. The molecule has 2 aromatic rings. The van der Waals surface area contributed by atoms with E-state index in [9.17, 15) is 0 Å². The minimum Gasteiger partial charge on any atom is -0.338 e. The molecule has 5 nitrogen and oxygen atoms in total. The summed E-state index contributed by atoms with van der Waals surface area (Å²) in [5.74, 6) is 1.16. The number of halogens is 2. The van der Waals surface area contributed by atoms with Gasteiger partial charge in [0.05, 0.1) is 16.6 Å². The number of nitrogens with zero attached hydrogens (tertiary/aromatic N) is 3. The fraction of sp³-hybridized carbons (Fsp3) is 0.429. The van der Waals surface area contributed by atoms with Gasteiger partial charge in [0.2, 0.25) is 11.7 Å². The molecule has 1 aromatic heterocycles. The van der Waals surface area contributed by atoms with Gasteiger partial charge in [0, 0.05) is 18.7 Å². The van der Waals surface area contributed by atoms with Gasteiger partial charge in [0.1, 0.15) is 0 Å². The number of hydrogen-bond donors (Lipinski definition) is 1. The molecule has 1 aliphatic rings. The molecule has 1 aromatic carbocycles. The largest absolute Gasteiger partial charge is 0.338 e. The normalized spacial score (nSPS) is 16.9. The molecule has 1 saturated heterocycles. The van der Waals surface area contributed by atoms with E-state index in [0.29, 0.717) is 28.3 Å². The van der Waals surface area contributed by atoms with Gasteiger partial charge in [0.15, 0.2) is 0 Å². The Balaban J connectivity index is 1.71. The van der Waals surface area contributed by atoms with Gasteiger partial charge in [-0.15, -0.1) is 0 Å². The van der Waals surface area contributed by atoms with Crippen molar-refractivity contribution in [1.82, 2.24) is 20.4 Å². The smallest absolute Gasteiger partial charge is 0.241 e. The summed E-state index contributed by atoms with van der Waals surface area (Å²) in [4.78, 5) is 6.75. The van der Waals surface area contributed by atoms with Crippen LogP contribution in [0.25, 0.3) is 11.4 Å². The first-order valence-electron chi connectivity index (χ1n) is 6.93. The van der Waals surface area contributed by atoms with E-state index >= 15 is 0 Å². The van der Waals surface area contributed by atoms with Crippen LogP contribution in [0.1, 0.15) is 12.3 Å². The Labute approximate surface area is 133 Å². The highest BCUT2D eigenvalue weighted by Gasteiger charge is 2.15. The second kappa shape index (κ2) is 6.75. The van der Waals surface area contributed by atoms with Gasteiger partial charge < -0.3 is 9.84 Å². The summed E-state index contributed by atoms with van der Waals surface area (Å²) in [6, 6.07) is 5.31. The maximum Gasteiger partial charge on any atom is 0.241 e. The highest BCUT2D eigenvalue weighted by atomic mass is 35.5. The van der Waals surface area contributed by atoms with E-state index in [1.807, 2.05) is 6.07 Å². The van der Waals surface area contributed by atoms with Crippen molar-refractivity contribution in [2.24, 2.45) is 0 Å². The van der Waals surface area contributed by atoms with E-state index in [-0.39, 0.29) is 0 Å². The molecule has 3 rings (SSSR count). The molecular weight excluding hydrogens is 311 g/mol. The average molecular weight is 327 g/mol. The fourth-order valence-corrected chi connectivity index (χ4v) is 2.62.